The Morgan fingerprint density at radius 3 is 2.37 bits per heavy atom. The highest BCUT2D eigenvalue weighted by atomic mass is 35.5. The van der Waals surface area contributed by atoms with E-state index in [1.807, 2.05) is 0 Å². The lowest BCUT2D eigenvalue weighted by Gasteiger charge is -2.17. The third-order valence-electron chi connectivity index (χ3n) is 4.38. The highest BCUT2D eigenvalue weighted by Gasteiger charge is 2.36. The van der Waals surface area contributed by atoms with Gasteiger partial charge in [-0.3, -0.25) is 29.6 Å². The summed E-state index contributed by atoms with van der Waals surface area (Å²) in [5.74, 6) is -2.98. The average molecular weight is 470 g/mol. The highest BCUT2D eigenvalue weighted by Crippen LogP contribution is 2.22. The molecule has 0 aliphatic carbocycles. The zero-order valence-corrected chi connectivity index (χ0v) is 17.6. The van der Waals surface area contributed by atoms with Gasteiger partial charge in [0.15, 0.2) is 6.61 Å². The fourth-order valence-corrected chi connectivity index (χ4v) is 3.45. The molecule has 3 rings (SSSR count). The van der Waals surface area contributed by atoms with E-state index in [0.717, 1.165) is 5.01 Å². The summed E-state index contributed by atoms with van der Waals surface area (Å²) in [6.07, 6.45) is -0.143. The van der Waals surface area contributed by atoms with Crippen LogP contribution in [0, 0.1) is 5.92 Å². The van der Waals surface area contributed by atoms with Gasteiger partial charge in [-0.2, -0.15) is 0 Å². The molecule has 1 N–H and O–H groups in total. The van der Waals surface area contributed by atoms with Gasteiger partial charge in [0, 0.05) is 27.6 Å². The molecule has 2 amide bonds. The van der Waals surface area contributed by atoms with E-state index in [1.165, 1.54) is 30.3 Å². The molecule has 0 aromatic heterocycles. The number of Topliss-reactive ketones (excluding diaryl/α,β-unsaturated/α-hetero) is 1. The lowest BCUT2D eigenvalue weighted by Crippen LogP contribution is -2.43. The van der Waals surface area contributed by atoms with Crippen molar-refractivity contribution in [2.24, 2.45) is 5.92 Å². The Labute approximate surface area is 186 Å². The molecular weight excluding hydrogens is 455 g/mol. The van der Waals surface area contributed by atoms with Crippen LogP contribution in [0.4, 0.5) is 0 Å². The fourth-order valence-electron chi connectivity index (χ4n) is 2.81. The first-order valence-electron chi connectivity index (χ1n) is 8.76. The first-order chi connectivity index (χ1) is 14.2. The largest absolute Gasteiger partial charge is 0.457 e. The number of ether oxygens (including phenoxy) is 1. The number of halogens is 3. The van der Waals surface area contributed by atoms with Gasteiger partial charge in [0.25, 0.3) is 5.91 Å². The lowest BCUT2D eigenvalue weighted by atomic mass is 10.1. The number of benzene rings is 2. The van der Waals surface area contributed by atoms with Crippen molar-refractivity contribution in [1.29, 1.82) is 0 Å². The molecular formula is C20H15Cl3N2O5. The van der Waals surface area contributed by atoms with Crippen molar-refractivity contribution < 1.29 is 23.9 Å². The van der Waals surface area contributed by atoms with Crippen LogP contribution in [-0.4, -0.2) is 41.7 Å². The minimum atomic E-state index is -0.809. The molecule has 1 atom stereocenters. The molecule has 0 spiro atoms. The van der Waals surface area contributed by atoms with Crippen LogP contribution in [0.5, 0.6) is 0 Å². The molecule has 0 unspecified atom stereocenters. The van der Waals surface area contributed by atoms with E-state index >= 15 is 0 Å². The predicted octanol–water partition coefficient (Wildman–Crippen LogP) is 3.57. The van der Waals surface area contributed by atoms with Crippen LogP contribution in [-0.2, 0) is 14.3 Å². The quantitative estimate of drug-likeness (QED) is 0.516. The van der Waals surface area contributed by atoms with Gasteiger partial charge in [0.1, 0.15) is 0 Å². The number of rotatable bonds is 6. The maximum absolute atomic E-state index is 12.3. The number of amides is 2. The average Bonchev–Trinajstić information content (AvgIpc) is 3.06. The standard InChI is InChI=1S/C20H15Cl3N2O5/c21-13-3-1-11(2-4-13)19(28)24-25-9-12(7-18(25)27)20(29)30-10-17(26)15-6-5-14(22)8-16(15)23/h1-6,8,12H,7,9-10H2,(H,24,28)/t12-/m0/s1. The van der Waals surface area contributed by atoms with Gasteiger partial charge in [-0.15, -0.1) is 0 Å². The molecule has 1 heterocycles. The Kier molecular flexibility index (Phi) is 6.97. The summed E-state index contributed by atoms with van der Waals surface area (Å²) in [5.41, 5.74) is 2.93. The van der Waals surface area contributed by atoms with E-state index in [1.54, 1.807) is 12.1 Å². The van der Waals surface area contributed by atoms with Gasteiger partial charge < -0.3 is 4.74 Å². The van der Waals surface area contributed by atoms with Crippen molar-refractivity contribution in [2.45, 2.75) is 6.42 Å². The molecule has 156 valence electrons. The normalized spacial score (nSPS) is 15.8. The predicted molar refractivity (Wildman–Crippen MR) is 110 cm³/mol. The number of nitrogens with zero attached hydrogens (tertiary/aromatic N) is 1. The highest BCUT2D eigenvalue weighted by molar-refractivity contribution is 6.36. The molecule has 2 aromatic carbocycles. The second-order valence-electron chi connectivity index (χ2n) is 6.51. The summed E-state index contributed by atoms with van der Waals surface area (Å²) in [5, 5.41) is 2.05. The van der Waals surface area contributed by atoms with E-state index in [0.29, 0.717) is 15.6 Å². The van der Waals surface area contributed by atoms with Gasteiger partial charge in [0.05, 0.1) is 17.5 Å². The Morgan fingerprint density at radius 1 is 1.03 bits per heavy atom. The summed E-state index contributed by atoms with van der Waals surface area (Å²) in [7, 11) is 0. The molecule has 1 aliphatic rings. The molecule has 7 nitrogen and oxygen atoms in total. The van der Waals surface area contributed by atoms with E-state index in [2.05, 4.69) is 5.43 Å². The third kappa shape index (κ3) is 5.30. The molecule has 1 aliphatic heterocycles. The van der Waals surface area contributed by atoms with Gasteiger partial charge in [-0.05, 0) is 42.5 Å². The second kappa shape index (κ2) is 9.47. The van der Waals surface area contributed by atoms with Crippen LogP contribution in [0.1, 0.15) is 27.1 Å². The van der Waals surface area contributed by atoms with Crippen molar-refractivity contribution in [3.63, 3.8) is 0 Å². The van der Waals surface area contributed by atoms with E-state index in [4.69, 9.17) is 39.5 Å². The zero-order valence-electron chi connectivity index (χ0n) is 15.4. The van der Waals surface area contributed by atoms with Crippen molar-refractivity contribution in [3.8, 4) is 0 Å². The number of ketones is 1. The van der Waals surface area contributed by atoms with Crippen molar-refractivity contribution in [2.75, 3.05) is 13.2 Å². The summed E-state index contributed by atoms with van der Waals surface area (Å²) >= 11 is 17.5. The second-order valence-corrected chi connectivity index (χ2v) is 7.79. The van der Waals surface area contributed by atoms with E-state index in [9.17, 15) is 19.2 Å². The number of nitrogens with one attached hydrogen (secondary N) is 1. The van der Waals surface area contributed by atoms with Gasteiger partial charge in [-0.25, -0.2) is 0 Å². The Bertz CT molecular complexity index is 1010. The van der Waals surface area contributed by atoms with E-state index < -0.39 is 36.1 Å². The Balaban J connectivity index is 1.53. The van der Waals surface area contributed by atoms with Gasteiger partial charge in [-0.1, -0.05) is 34.8 Å². The molecule has 30 heavy (non-hydrogen) atoms. The van der Waals surface area contributed by atoms with Crippen LogP contribution in [0.15, 0.2) is 42.5 Å². The number of carbonyl (C=O) groups excluding carboxylic acids is 4. The molecule has 0 radical (unpaired) electrons. The van der Waals surface area contributed by atoms with E-state index in [-0.39, 0.29) is 23.6 Å². The summed E-state index contributed by atoms with van der Waals surface area (Å²) in [6.45, 7) is -0.588. The number of hydrogen-bond donors (Lipinski definition) is 1. The lowest BCUT2D eigenvalue weighted by molar-refractivity contribution is -0.147. The van der Waals surface area contributed by atoms with Crippen LogP contribution >= 0.6 is 34.8 Å². The SMILES string of the molecule is O=C(NN1C[C@@H](C(=O)OCC(=O)c2ccc(Cl)cc2Cl)CC1=O)c1ccc(Cl)cc1. The smallest absolute Gasteiger partial charge is 0.311 e. The topological polar surface area (TPSA) is 92.8 Å². The van der Waals surface area contributed by atoms with Crippen LogP contribution in [0.25, 0.3) is 0 Å². The maximum atomic E-state index is 12.3. The molecule has 0 saturated carbocycles. The molecule has 2 aromatic rings. The van der Waals surface area contributed by atoms with Crippen molar-refractivity contribution in [3.05, 3.63) is 68.7 Å². The fraction of sp³-hybridized carbons (Fsp3) is 0.200. The Morgan fingerprint density at radius 2 is 1.70 bits per heavy atom. The maximum Gasteiger partial charge on any atom is 0.311 e. The van der Waals surface area contributed by atoms with Crippen molar-refractivity contribution in [1.82, 2.24) is 10.4 Å². The minimum absolute atomic E-state index is 0.0626. The number of hydrazine groups is 1. The number of carbonyl (C=O) groups is 4. The van der Waals surface area contributed by atoms with Crippen molar-refractivity contribution >= 4 is 58.4 Å². The first kappa shape index (κ1) is 22.1. The summed E-state index contributed by atoms with van der Waals surface area (Å²) in [6, 6.07) is 10.5. The molecule has 10 heteroatoms. The molecule has 0 bridgehead atoms. The monoisotopic (exact) mass is 468 g/mol. The summed E-state index contributed by atoms with van der Waals surface area (Å²) in [4.78, 5) is 48.8. The molecule has 1 saturated heterocycles. The van der Waals surface area contributed by atoms with Crippen LogP contribution in [0.3, 0.4) is 0 Å². The van der Waals surface area contributed by atoms with Crippen LogP contribution in [0.2, 0.25) is 15.1 Å². The first-order valence-corrected chi connectivity index (χ1v) is 9.90. The number of hydrogen-bond acceptors (Lipinski definition) is 5. The molecule has 1 fully saturated rings. The van der Waals surface area contributed by atoms with Crippen LogP contribution < -0.4 is 5.43 Å². The third-order valence-corrected chi connectivity index (χ3v) is 5.18. The van der Waals surface area contributed by atoms with Gasteiger partial charge in [0.2, 0.25) is 11.7 Å². The van der Waals surface area contributed by atoms with Gasteiger partial charge >= 0.3 is 5.97 Å². The Hall–Kier alpha value is -2.61. The number of esters is 1. The minimum Gasteiger partial charge on any atom is -0.457 e. The zero-order chi connectivity index (χ0) is 21.8. The summed E-state index contributed by atoms with van der Waals surface area (Å²) < 4.78 is 5.04.